The van der Waals surface area contributed by atoms with Crippen LogP contribution in [0, 0.1) is 10.1 Å². The summed E-state index contributed by atoms with van der Waals surface area (Å²) in [6.45, 7) is 0. The number of hydrazone groups is 1. The first kappa shape index (κ1) is 18.1. The van der Waals surface area contributed by atoms with E-state index < -0.39 is 4.92 Å². The molecule has 0 saturated heterocycles. The molecule has 130 valence electrons. The Kier molecular flexibility index (Phi) is 6.24. The molecule has 2 aromatic rings. The van der Waals surface area contributed by atoms with Crippen molar-refractivity contribution in [1.29, 1.82) is 0 Å². The van der Waals surface area contributed by atoms with Gasteiger partial charge in [-0.3, -0.25) is 15.5 Å². The largest absolute Gasteiger partial charge is 0.497 e. The number of methoxy groups -OCH3 is 2. The smallest absolute Gasteiger partial charge is 0.292 e. The zero-order chi connectivity index (χ0) is 18.2. The lowest BCUT2D eigenvalue weighted by Crippen LogP contribution is -2.24. The molecule has 0 atom stereocenters. The van der Waals surface area contributed by atoms with Crippen LogP contribution in [0.1, 0.15) is 5.56 Å². The summed E-state index contributed by atoms with van der Waals surface area (Å²) in [5.74, 6) is 1.25. The molecule has 0 aromatic heterocycles. The van der Waals surface area contributed by atoms with Crippen molar-refractivity contribution in [3.63, 3.8) is 0 Å². The highest BCUT2D eigenvalue weighted by atomic mass is 32.1. The molecule has 2 N–H and O–H groups in total. The van der Waals surface area contributed by atoms with Crippen LogP contribution in [0.15, 0.2) is 47.6 Å². The lowest BCUT2D eigenvalue weighted by atomic mass is 10.2. The maximum atomic E-state index is 11.0. The zero-order valence-corrected chi connectivity index (χ0v) is 14.4. The predicted octanol–water partition coefficient (Wildman–Crippen LogP) is 2.93. The summed E-state index contributed by atoms with van der Waals surface area (Å²) in [6.07, 6.45) is 1.52. The molecule has 0 radical (unpaired) electrons. The number of hydrogen-bond acceptors (Lipinski definition) is 6. The quantitative estimate of drug-likeness (QED) is 0.354. The topological polar surface area (TPSA) is 98.0 Å². The zero-order valence-electron chi connectivity index (χ0n) is 13.6. The van der Waals surface area contributed by atoms with Crippen molar-refractivity contribution < 1.29 is 14.4 Å². The van der Waals surface area contributed by atoms with Crippen molar-refractivity contribution >= 4 is 34.9 Å². The van der Waals surface area contributed by atoms with Gasteiger partial charge >= 0.3 is 0 Å². The average Bonchev–Trinajstić information content (AvgIpc) is 2.62. The van der Waals surface area contributed by atoms with E-state index >= 15 is 0 Å². The summed E-state index contributed by atoms with van der Waals surface area (Å²) >= 11 is 5.09. The highest BCUT2D eigenvalue weighted by molar-refractivity contribution is 7.80. The Hall–Kier alpha value is -3.20. The van der Waals surface area contributed by atoms with Crippen LogP contribution in [-0.4, -0.2) is 30.5 Å². The van der Waals surface area contributed by atoms with Crippen LogP contribution < -0.4 is 20.2 Å². The monoisotopic (exact) mass is 360 g/mol. The van der Waals surface area contributed by atoms with Crippen molar-refractivity contribution in [2.45, 2.75) is 0 Å². The molecule has 0 amide bonds. The van der Waals surface area contributed by atoms with Gasteiger partial charge in [-0.2, -0.15) is 5.10 Å². The number of ether oxygens (including phenoxy) is 2. The number of anilines is 1. The first-order valence-corrected chi connectivity index (χ1v) is 7.51. The summed E-state index contributed by atoms with van der Waals surface area (Å²) in [6, 6.07) is 11.5. The second-order valence-corrected chi connectivity index (χ2v) is 5.11. The molecule has 9 heteroatoms. The molecule has 0 saturated carbocycles. The van der Waals surface area contributed by atoms with Gasteiger partial charge in [0.05, 0.1) is 25.4 Å². The van der Waals surface area contributed by atoms with E-state index in [0.29, 0.717) is 17.1 Å². The van der Waals surface area contributed by atoms with Crippen molar-refractivity contribution in [2.24, 2.45) is 5.10 Å². The first-order chi connectivity index (χ1) is 12.0. The number of nitro groups is 1. The van der Waals surface area contributed by atoms with E-state index in [1.54, 1.807) is 50.6 Å². The van der Waals surface area contributed by atoms with Gasteiger partial charge in [-0.05, 0) is 30.4 Å². The molecule has 0 spiro atoms. The van der Waals surface area contributed by atoms with Crippen molar-refractivity contribution in [3.8, 4) is 11.5 Å². The van der Waals surface area contributed by atoms with E-state index in [1.165, 1.54) is 12.3 Å². The van der Waals surface area contributed by atoms with E-state index in [4.69, 9.17) is 21.7 Å². The highest BCUT2D eigenvalue weighted by Gasteiger charge is 2.12. The Morgan fingerprint density at radius 1 is 1.24 bits per heavy atom. The minimum atomic E-state index is -0.490. The molecule has 0 heterocycles. The van der Waals surface area contributed by atoms with Crippen molar-refractivity contribution in [1.82, 2.24) is 5.43 Å². The van der Waals surface area contributed by atoms with E-state index in [-0.39, 0.29) is 16.5 Å². The standard InChI is InChI=1S/C16H16N4O4S/c1-23-12-8-7-11(15(9-12)24-2)10-17-19-16(25)18-13-5-3-4-6-14(13)20(21)22/h3-10H,1-2H3,(H2,18,19,25)/b17-10-. The molecule has 0 aliphatic heterocycles. The van der Waals surface area contributed by atoms with E-state index in [1.807, 2.05) is 0 Å². The second-order valence-electron chi connectivity index (χ2n) is 4.71. The lowest BCUT2D eigenvalue weighted by Gasteiger charge is -2.08. The van der Waals surface area contributed by atoms with Crippen molar-refractivity contribution in [3.05, 3.63) is 58.1 Å². The normalized spacial score (nSPS) is 10.3. The molecule has 25 heavy (non-hydrogen) atoms. The van der Waals surface area contributed by atoms with Crippen LogP contribution in [0.2, 0.25) is 0 Å². The maximum absolute atomic E-state index is 11.0. The fourth-order valence-electron chi connectivity index (χ4n) is 1.97. The van der Waals surface area contributed by atoms with Crippen LogP contribution in [-0.2, 0) is 0 Å². The van der Waals surface area contributed by atoms with Crippen LogP contribution >= 0.6 is 12.2 Å². The molecule has 0 aliphatic rings. The Labute approximate surface area is 149 Å². The van der Waals surface area contributed by atoms with E-state index in [9.17, 15) is 10.1 Å². The highest BCUT2D eigenvalue weighted by Crippen LogP contribution is 2.24. The van der Waals surface area contributed by atoms with Crippen molar-refractivity contribution in [2.75, 3.05) is 19.5 Å². The minimum Gasteiger partial charge on any atom is -0.497 e. The minimum absolute atomic E-state index is 0.0764. The first-order valence-electron chi connectivity index (χ1n) is 7.10. The fourth-order valence-corrected chi connectivity index (χ4v) is 2.14. The number of rotatable bonds is 6. The van der Waals surface area contributed by atoms with Gasteiger partial charge in [0.2, 0.25) is 0 Å². The Morgan fingerprint density at radius 3 is 2.68 bits per heavy atom. The summed E-state index contributed by atoms with van der Waals surface area (Å²) in [7, 11) is 3.11. The number of thiocarbonyl (C=S) groups is 1. The summed E-state index contributed by atoms with van der Waals surface area (Å²) in [5, 5.41) is 17.8. The number of nitrogens with one attached hydrogen (secondary N) is 2. The number of nitro benzene ring substituents is 1. The number of benzene rings is 2. The predicted molar refractivity (Wildman–Crippen MR) is 99.6 cm³/mol. The van der Waals surface area contributed by atoms with Crippen LogP contribution in [0.25, 0.3) is 0 Å². The van der Waals surface area contributed by atoms with Crippen LogP contribution in [0.5, 0.6) is 11.5 Å². The third kappa shape index (κ3) is 4.88. The summed E-state index contributed by atoms with van der Waals surface area (Å²) in [4.78, 5) is 10.5. The Morgan fingerprint density at radius 2 is 2.00 bits per heavy atom. The Balaban J connectivity index is 2.03. The fraction of sp³-hybridized carbons (Fsp3) is 0.125. The number of para-hydroxylation sites is 2. The molecule has 0 bridgehead atoms. The molecule has 8 nitrogen and oxygen atoms in total. The van der Waals surface area contributed by atoms with E-state index in [0.717, 1.165) is 0 Å². The SMILES string of the molecule is COc1ccc(/C=N\NC(=S)Nc2ccccc2[N+](=O)[O-])c(OC)c1. The second kappa shape index (κ2) is 8.60. The molecule has 2 aromatic carbocycles. The van der Waals surface area contributed by atoms with Gasteiger partial charge in [0.1, 0.15) is 17.2 Å². The molecule has 0 fully saturated rings. The third-order valence-electron chi connectivity index (χ3n) is 3.16. The summed E-state index contributed by atoms with van der Waals surface area (Å²) < 4.78 is 10.4. The molecule has 0 aliphatic carbocycles. The van der Waals surface area contributed by atoms with Crippen LogP contribution in [0.3, 0.4) is 0 Å². The van der Waals surface area contributed by atoms with E-state index in [2.05, 4.69) is 15.8 Å². The third-order valence-corrected chi connectivity index (χ3v) is 3.35. The van der Waals surface area contributed by atoms with Crippen LogP contribution in [0.4, 0.5) is 11.4 Å². The number of hydrogen-bond donors (Lipinski definition) is 2. The van der Waals surface area contributed by atoms with Gasteiger partial charge < -0.3 is 14.8 Å². The van der Waals surface area contributed by atoms with Gasteiger partial charge in [0, 0.05) is 17.7 Å². The van der Waals surface area contributed by atoms with Gasteiger partial charge in [-0.15, -0.1) is 0 Å². The number of nitrogens with zero attached hydrogens (tertiary/aromatic N) is 2. The van der Waals surface area contributed by atoms with Gasteiger partial charge in [0.25, 0.3) is 5.69 Å². The van der Waals surface area contributed by atoms with Gasteiger partial charge in [-0.1, -0.05) is 12.1 Å². The molecule has 2 rings (SSSR count). The van der Waals surface area contributed by atoms with Gasteiger partial charge in [0.15, 0.2) is 5.11 Å². The molecular formula is C16H16N4O4S. The average molecular weight is 360 g/mol. The molecular weight excluding hydrogens is 344 g/mol. The molecule has 0 unspecified atom stereocenters. The summed E-state index contributed by atoms with van der Waals surface area (Å²) in [5.41, 5.74) is 3.52. The Bertz CT molecular complexity index is 810. The maximum Gasteiger partial charge on any atom is 0.292 e. The lowest BCUT2D eigenvalue weighted by molar-refractivity contribution is -0.383. The van der Waals surface area contributed by atoms with Gasteiger partial charge in [-0.25, -0.2) is 0 Å².